The summed E-state index contributed by atoms with van der Waals surface area (Å²) < 4.78 is 0. The van der Waals surface area contributed by atoms with Gasteiger partial charge in [-0.1, -0.05) is 26.0 Å². The Morgan fingerprint density at radius 3 is 2.00 bits per heavy atom. The number of carbonyl (C=O) groups is 1. The van der Waals surface area contributed by atoms with Crippen molar-refractivity contribution in [3.8, 4) is 0 Å². The molecule has 1 aromatic rings. The molecule has 0 unspecified atom stereocenters. The Balaban J connectivity index is 0.00000289. The summed E-state index contributed by atoms with van der Waals surface area (Å²) in [6.45, 7) is 6.35. The van der Waals surface area contributed by atoms with Crippen molar-refractivity contribution in [1.82, 2.24) is 4.90 Å². The lowest BCUT2D eigenvalue weighted by Crippen LogP contribution is -2.32. The van der Waals surface area contributed by atoms with Crippen LogP contribution in [0.25, 0.3) is 0 Å². The molecule has 18 heavy (non-hydrogen) atoms. The van der Waals surface area contributed by atoms with Crippen LogP contribution in [0.2, 0.25) is 0 Å². The van der Waals surface area contributed by atoms with Crippen LogP contribution in [0.4, 0.5) is 0 Å². The number of amides is 1. The Morgan fingerprint density at radius 2 is 1.61 bits per heavy atom. The molecule has 4 heteroatoms. The van der Waals surface area contributed by atoms with E-state index in [1.54, 1.807) is 0 Å². The van der Waals surface area contributed by atoms with E-state index in [0.717, 1.165) is 37.1 Å². The van der Waals surface area contributed by atoms with Crippen molar-refractivity contribution in [1.29, 1.82) is 0 Å². The molecule has 0 aliphatic rings. The Labute approximate surface area is 116 Å². The summed E-state index contributed by atoms with van der Waals surface area (Å²) in [4.78, 5) is 14.1. The molecule has 0 aliphatic carbocycles. The molecule has 0 atom stereocenters. The van der Waals surface area contributed by atoms with Crippen molar-refractivity contribution in [2.24, 2.45) is 5.73 Å². The van der Waals surface area contributed by atoms with Crippen molar-refractivity contribution in [2.45, 2.75) is 33.2 Å². The average Bonchev–Trinajstić information content (AvgIpc) is 2.38. The molecule has 0 aliphatic heterocycles. The number of benzene rings is 1. The summed E-state index contributed by atoms with van der Waals surface area (Å²) in [6, 6.07) is 7.57. The standard InChI is InChI=1S/C14H22N2O.ClH/c1-3-9-16(10-4-2)14(17)13-7-5-12(11-15)6-8-13;/h5-8H,3-4,9-11,15H2,1-2H3;1H. The summed E-state index contributed by atoms with van der Waals surface area (Å²) in [7, 11) is 0. The third-order valence-corrected chi connectivity index (χ3v) is 2.71. The molecule has 0 saturated carbocycles. The summed E-state index contributed by atoms with van der Waals surface area (Å²) in [5, 5.41) is 0. The molecule has 2 N–H and O–H groups in total. The molecule has 0 spiro atoms. The van der Waals surface area contributed by atoms with Crippen LogP contribution in [0, 0.1) is 0 Å². The van der Waals surface area contributed by atoms with Gasteiger partial charge in [-0.15, -0.1) is 12.4 Å². The first-order valence-corrected chi connectivity index (χ1v) is 6.31. The molecule has 0 radical (unpaired) electrons. The van der Waals surface area contributed by atoms with Gasteiger partial charge in [0.1, 0.15) is 0 Å². The molecular weight excluding hydrogens is 248 g/mol. The first-order chi connectivity index (χ1) is 8.22. The van der Waals surface area contributed by atoms with E-state index in [-0.39, 0.29) is 18.3 Å². The van der Waals surface area contributed by atoms with Gasteiger partial charge in [-0.05, 0) is 30.5 Å². The molecule has 0 heterocycles. The Morgan fingerprint density at radius 1 is 1.11 bits per heavy atom. The fourth-order valence-electron chi connectivity index (χ4n) is 1.82. The number of rotatable bonds is 6. The minimum absolute atomic E-state index is 0. The number of carbonyl (C=O) groups excluding carboxylic acids is 1. The van der Waals surface area contributed by atoms with Crippen LogP contribution in [0.3, 0.4) is 0 Å². The highest BCUT2D eigenvalue weighted by molar-refractivity contribution is 5.94. The molecule has 1 amide bonds. The molecule has 0 aromatic heterocycles. The smallest absolute Gasteiger partial charge is 0.253 e. The molecule has 102 valence electrons. The highest BCUT2D eigenvalue weighted by Gasteiger charge is 2.13. The predicted octanol–water partition coefficient (Wildman–Crippen LogP) is 2.83. The maximum Gasteiger partial charge on any atom is 0.253 e. The zero-order valence-corrected chi connectivity index (χ0v) is 12.0. The lowest BCUT2D eigenvalue weighted by molar-refractivity contribution is 0.0755. The van der Waals surface area contributed by atoms with Crippen molar-refractivity contribution in [3.63, 3.8) is 0 Å². The average molecular weight is 271 g/mol. The minimum atomic E-state index is 0. The Bertz CT molecular complexity index is 345. The molecule has 1 aromatic carbocycles. The number of hydrogen-bond donors (Lipinski definition) is 1. The first-order valence-electron chi connectivity index (χ1n) is 6.31. The monoisotopic (exact) mass is 270 g/mol. The van der Waals surface area contributed by atoms with Gasteiger partial charge in [0.2, 0.25) is 0 Å². The lowest BCUT2D eigenvalue weighted by Gasteiger charge is -2.21. The van der Waals surface area contributed by atoms with Crippen LogP contribution in [-0.2, 0) is 6.54 Å². The fraction of sp³-hybridized carbons (Fsp3) is 0.500. The molecule has 1 rings (SSSR count). The maximum atomic E-state index is 12.2. The lowest BCUT2D eigenvalue weighted by atomic mass is 10.1. The van der Waals surface area contributed by atoms with E-state index < -0.39 is 0 Å². The van der Waals surface area contributed by atoms with Crippen molar-refractivity contribution < 1.29 is 4.79 Å². The van der Waals surface area contributed by atoms with Gasteiger partial charge in [0.15, 0.2) is 0 Å². The number of nitrogens with two attached hydrogens (primary N) is 1. The van der Waals surface area contributed by atoms with Crippen molar-refractivity contribution >= 4 is 18.3 Å². The van der Waals surface area contributed by atoms with Crippen molar-refractivity contribution in [3.05, 3.63) is 35.4 Å². The second kappa shape index (κ2) is 8.95. The van der Waals surface area contributed by atoms with E-state index in [9.17, 15) is 4.79 Å². The predicted molar refractivity (Wildman–Crippen MR) is 78.1 cm³/mol. The molecule has 0 fully saturated rings. The topological polar surface area (TPSA) is 46.3 Å². The summed E-state index contributed by atoms with van der Waals surface area (Å²) >= 11 is 0. The van der Waals surface area contributed by atoms with Crippen LogP contribution >= 0.6 is 12.4 Å². The highest BCUT2D eigenvalue weighted by Crippen LogP contribution is 2.08. The Kier molecular flexibility index (Phi) is 8.42. The van der Waals surface area contributed by atoms with Crippen LogP contribution in [0.15, 0.2) is 24.3 Å². The highest BCUT2D eigenvalue weighted by atomic mass is 35.5. The second-order valence-electron chi connectivity index (χ2n) is 4.19. The molecular formula is C14H23ClN2O. The summed E-state index contributed by atoms with van der Waals surface area (Å²) in [5.74, 6) is 0.122. The Hall–Kier alpha value is -1.06. The van der Waals surface area contributed by atoms with Crippen LogP contribution in [0.5, 0.6) is 0 Å². The van der Waals surface area contributed by atoms with Gasteiger partial charge in [0, 0.05) is 25.2 Å². The van der Waals surface area contributed by atoms with Gasteiger partial charge in [-0.2, -0.15) is 0 Å². The normalized spacial score (nSPS) is 9.72. The maximum absolute atomic E-state index is 12.2. The van der Waals surface area contributed by atoms with Crippen LogP contribution in [-0.4, -0.2) is 23.9 Å². The van der Waals surface area contributed by atoms with E-state index in [1.807, 2.05) is 29.2 Å². The third-order valence-electron chi connectivity index (χ3n) is 2.71. The molecule has 3 nitrogen and oxygen atoms in total. The zero-order valence-electron chi connectivity index (χ0n) is 11.2. The van der Waals surface area contributed by atoms with E-state index in [4.69, 9.17) is 5.73 Å². The van der Waals surface area contributed by atoms with Gasteiger partial charge in [0.25, 0.3) is 5.91 Å². The number of nitrogens with zero attached hydrogens (tertiary/aromatic N) is 1. The minimum Gasteiger partial charge on any atom is -0.339 e. The zero-order chi connectivity index (χ0) is 12.7. The van der Waals surface area contributed by atoms with Gasteiger partial charge >= 0.3 is 0 Å². The van der Waals surface area contributed by atoms with E-state index in [0.29, 0.717) is 6.54 Å². The van der Waals surface area contributed by atoms with E-state index in [1.165, 1.54) is 0 Å². The fourth-order valence-corrected chi connectivity index (χ4v) is 1.82. The van der Waals surface area contributed by atoms with Gasteiger partial charge in [-0.25, -0.2) is 0 Å². The van der Waals surface area contributed by atoms with Gasteiger partial charge in [0.05, 0.1) is 0 Å². The second-order valence-corrected chi connectivity index (χ2v) is 4.19. The van der Waals surface area contributed by atoms with E-state index in [2.05, 4.69) is 13.8 Å². The molecule has 0 saturated heterocycles. The summed E-state index contributed by atoms with van der Waals surface area (Å²) in [5.41, 5.74) is 7.34. The number of hydrogen-bond acceptors (Lipinski definition) is 2. The first kappa shape index (κ1) is 16.9. The van der Waals surface area contributed by atoms with Crippen molar-refractivity contribution in [2.75, 3.05) is 13.1 Å². The third kappa shape index (κ3) is 4.67. The van der Waals surface area contributed by atoms with Crippen LogP contribution < -0.4 is 5.73 Å². The van der Waals surface area contributed by atoms with Gasteiger partial charge in [-0.3, -0.25) is 4.79 Å². The number of halogens is 1. The SMILES string of the molecule is CCCN(CCC)C(=O)c1ccc(CN)cc1.Cl. The van der Waals surface area contributed by atoms with E-state index >= 15 is 0 Å². The van der Waals surface area contributed by atoms with Crippen LogP contribution in [0.1, 0.15) is 42.6 Å². The molecule has 0 bridgehead atoms. The summed E-state index contributed by atoms with van der Waals surface area (Å²) in [6.07, 6.45) is 1.99. The van der Waals surface area contributed by atoms with Gasteiger partial charge < -0.3 is 10.6 Å². The quantitative estimate of drug-likeness (QED) is 0.864. The largest absolute Gasteiger partial charge is 0.339 e.